The van der Waals surface area contributed by atoms with Gasteiger partial charge in [-0.3, -0.25) is 4.57 Å². The Morgan fingerprint density at radius 1 is 1.47 bits per heavy atom. The first-order valence-electron chi connectivity index (χ1n) is 4.87. The molecular formula is C8H12N4O5. The van der Waals surface area contributed by atoms with Gasteiger partial charge in [0.25, 0.3) is 0 Å². The fourth-order valence-corrected chi connectivity index (χ4v) is 1.64. The second-order valence-electron chi connectivity index (χ2n) is 3.63. The van der Waals surface area contributed by atoms with Gasteiger partial charge in [-0.05, 0) is 0 Å². The topological polar surface area (TPSA) is 144 Å². The van der Waals surface area contributed by atoms with E-state index in [1.807, 2.05) is 0 Å². The van der Waals surface area contributed by atoms with E-state index < -0.39 is 36.8 Å². The number of aliphatic hydroxyl groups is 3. The zero-order chi connectivity index (χ0) is 12.6. The zero-order valence-corrected chi connectivity index (χ0v) is 8.67. The number of ether oxygens (including phenoxy) is 1. The molecule has 0 aliphatic carbocycles. The van der Waals surface area contributed by atoms with Gasteiger partial charge in [0.2, 0.25) is 5.95 Å². The van der Waals surface area contributed by atoms with Crippen molar-refractivity contribution in [3.8, 4) is 0 Å². The summed E-state index contributed by atoms with van der Waals surface area (Å²) in [6.07, 6.45) is -3.67. The van der Waals surface area contributed by atoms with Gasteiger partial charge < -0.3 is 25.8 Å². The normalized spacial score (nSPS) is 32.9. The van der Waals surface area contributed by atoms with Crippen molar-refractivity contribution in [2.75, 3.05) is 12.3 Å². The molecule has 2 rings (SSSR count). The quantitative estimate of drug-likeness (QED) is 0.426. The molecule has 1 aliphatic heterocycles. The number of anilines is 1. The summed E-state index contributed by atoms with van der Waals surface area (Å²) in [6.45, 7) is -0.473. The maximum Gasteiger partial charge on any atom is 0.354 e. The van der Waals surface area contributed by atoms with Gasteiger partial charge in [-0.2, -0.15) is 4.98 Å². The van der Waals surface area contributed by atoms with E-state index in [1.54, 1.807) is 0 Å². The number of aliphatic hydroxyl groups excluding tert-OH is 3. The summed E-state index contributed by atoms with van der Waals surface area (Å²) < 4.78 is 6.04. The number of aromatic nitrogens is 3. The molecule has 0 saturated carbocycles. The molecule has 1 aromatic rings. The number of nitrogens with zero attached hydrogens (tertiary/aromatic N) is 3. The van der Waals surface area contributed by atoms with Crippen molar-refractivity contribution in [1.82, 2.24) is 14.5 Å². The Kier molecular flexibility index (Phi) is 3.07. The third kappa shape index (κ3) is 2.00. The lowest BCUT2D eigenvalue weighted by Gasteiger charge is -2.16. The fraction of sp³-hybridized carbons (Fsp3) is 0.625. The second kappa shape index (κ2) is 4.37. The molecule has 2 heterocycles. The lowest BCUT2D eigenvalue weighted by Crippen LogP contribution is -2.36. The Bertz CT molecular complexity index is 463. The van der Waals surface area contributed by atoms with Gasteiger partial charge in [-0.1, -0.05) is 0 Å². The molecule has 5 N–H and O–H groups in total. The standard InChI is InChI=1S/C8H12N4O5/c9-7-10-2-12(8(16)11-7)6-5(15)4(14)3(1-13)17-6/h2-6,13-15H,1H2,(H2,9,11,16)/t3-,4-,5-,6-/m0/s1. The molecule has 0 radical (unpaired) electrons. The van der Waals surface area contributed by atoms with Gasteiger partial charge in [0.1, 0.15) is 24.6 Å². The van der Waals surface area contributed by atoms with Gasteiger partial charge in [-0.15, -0.1) is 0 Å². The third-order valence-electron chi connectivity index (χ3n) is 2.54. The monoisotopic (exact) mass is 244 g/mol. The molecule has 4 atom stereocenters. The van der Waals surface area contributed by atoms with Crippen LogP contribution < -0.4 is 11.4 Å². The highest BCUT2D eigenvalue weighted by Gasteiger charge is 2.43. The third-order valence-corrected chi connectivity index (χ3v) is 2.54. The van der Waals surface area contributed by atoms with Crippen LogP contribution in [-0.4, -0.2) is 54.8 Å². The number of rotatable bonds is 2. The Morgan fingerprint density at radius 3 is 2.71 bits per heavy atom. The molecule has 0 aromatic carbocycles. The van der Waals surface area contributed by atoms with Crippen molar-refractivity contribution >= 4 is 5.95 Å². The molecule has 9 heteroatoms. The predicted molar refractivity (Wildman–Crippen MR) is 53.7 cm³/mol. The lowest BCUT2D eigenvalue weighted by molar-refractivity contribution is -0.0554. The highest BCUT2D eigenvalue weighted by atomic mass is 16.6. The fourth-order valence-electron chi connectivity index (χ4n) is 1.64. The molecule has 0 unspecified atom stereocenters. The van der Waals surface area contributed by atoms with E-state index in [1.165, 1.54) is 0 Å². The molecule has 0 amide bonds. The van der Waals surface area contributed by atoms with Gasteiger partial charge in [0.05, 0.1) is 6.61 Å². The first-order valence-corrected chi connectivity index (χ1v) is 4.87. The summed E-state index contributed by atoms with van der Waals surface area (Å²) in [5.41, 5.74) is 4.46. The van der Waals surface area contributed by atoms with Crippen molar-refractivity contribution in [1.29, 1.82) is 0 Å². The summed E-state index contributed by atoms with van der Waals surface area (Å²) in [5.74, 6) is -0.196. The van der Waals surface area contributed by atoms with Gasteiger partial charge in [0, 0.05) is 0 Å². The SMILES string of the molecule is Nc1ncn([C@H]2O[C@@H](CO)[C@H](O)[C@@H]2O)c(=O)n1. The minimum atomic E-state index is -1.35. The highest BCUT2D eigenvalue weighted by Crippen LogP contribution is 2.27. The van der Waals surface area contributed by atoms with E-state index in [0.29, 0.717) is 0 Å². The summed E-state index contributed by atoms with van der Waals surface area (Å²) >= 11 is 0. The summed E-state index contributed by atoms with van der Waals surface area (Å²) in [6, 6.07) is 0. The Balaban J connectivity index is 2.32. The van der Waals surface area contributed by atoms with Crippen LogP contribution in [0.25, 0.3) is 0 Å². The van der Waals surface area contributed by atoms with Crippen LogP contribution in [0, 0.1) is 0 Å². The Morgan fingerprint density at radius 2 is 2.18 bits per heavy atom. The van der Waals surface area contributed by atoms with E-state index in [4.69, 9.17) is 15.6 Å². The summed E-state index contributed by atoms with van der Waals surface area (Å²) in [7, 11) is 0. The number of nitrogen functional groups attached to an aromatic ring is 1. The minimum absolute atomic E-state index is 0.196. The molecule has 1 aliphatic rings. The van der Waals surface area contributed by atoms with Crippen molar-refractivity contribution in [3.05, 3.63) is 16.8 Å². The summed E-state index contributed by atoms with van der Waals surface area (Å²) in [5, 5.41) is 28.1. The highest BCUT2D eigenvalue weighted by molar-refractivity contribution is 5.10. The molecule has 94 valence electrons. The van der Waals surface area contributed by atoms with E-state index in [2.05, 4.69) is 9.97 Å². The van der Waals surface area contributed by atoms with Crippen LogP contribution in [0.1, 0.15) is 6.23 Å². The molecule has 9 nitrogen and oxygen atoms in total. The van der Waals surface area contributed by atoms with Crippen LogP contribution in [0.4, 0.5) is 5.95 Å². The first-order chi connectivity index (χ1) is 8.04. The molecule has 1 fully saturated rings. The molecule has 1 aromatic heterocycles. The average Bonchev–Trinajstić information content (AvgIpc) is 2.57. The maximum atomic E-state index is 11.5. The molecular weight excluding hydrogens is 232 g/mol. The van der Waals surface area contributed by atoms with Crippen LogP contribution in [-0.2, 0) is 4.74 Å². The second-order valence-corrected chi connectivity index (χ2v) is 3.63. The van der Waals surface area contributed by atoms with Crippen LogP contribution in [0.2, 0.25) is 0 Å². The smallest absolute Gasteiger partial charge is 0.354 e. The Hall–Kier alpha value is -1.55. The number of hydrogen-bond donors (Lipinski definition) is 4. The maximum absolute atomic E-state index is 11.5. The molecule has 17 heavy (non-hydrogen) atoms. The first kappa shape index (κ1) is 11.9. The van der Waals surface area contributed by atoms with Crippen molar-refractivity contribution in [2.45, 2.75) is 24.5 Å². The molecule has 0 bridgehead atoms. The number of hydrogen-bond acceptors (Lipinski definition) is 8. The van der Waals surface area contributed by atoms with Crippen LogP contribution in [0.15, 0.2) is 11.1 Å². The van der Waals surface area contributed by atoms with E-state index in [0.717, 1.165) is 10.9 Å². The van der Waals surface area contributed by atoms with Gasteiger partial charge in [-0.25, -0.2) is 9.78 Å². The largest absolute Gasteiger partial charge is 0.394 e. The van der Waals surface area contributed by atoms with Crippen LogP contribution in [0.5, 0.6) is 0 Å². The number of nitrogens with two attached hydrogens (primary N) is 1. The van der Waals surface area contributed by atoms with E-state index in [9.17, 15) is 15.0 Å². The lowest BCUT2D eigenvalue weighted by atomic mass is 10.1. The Labute approximate surface area is 95.1 Å². The molecule has 0 spiro atoms. The van der Waals surface area contributed by atoms with Crippen molar-refractivity contribution in [3.63, 3.8) is 0 Å². The van der Waals surface area contributed by atoms with Crippen LogP contribution >= 0.6 is 0 Å². The van der Waals surface area contributed by atoms with E-state index >= 15 is 0 Å². The van der Waals surface area contributed by atoms with Crippen LogP contribution in [0.3, 0.4) is 0 Å². The van der Waals surface area contributed by atoms with Gasteiger partial charge in [0.15, 0.2) is 6.23 Å². The summed E-state index contributed by atoms with van der Waals surface area (Å²) in [4.78, 5) is 18.4. The van der Waals surface area contributed by atoms with Crippen molar-refractivity contribution in [2.24, 2.45) is 0 Å². The zero-order valence-electron chi connectivity index (χ0n) is 8.67. The minimum Gasteiger partial charge on any atom is -0.394 e. The van der Waals surface area contributed by atoms with Gasteiger partial charge >= 0.3 is 5.69 Å². The van der Waals surface area contributed by atoms with Crippen molar-refractivity contribution < 1.29 is 20.1 Å². The average molecular weight is 244 g/mol. The predicted octanol–water partition coefficient (Wildman–Crippen LogP) is -3.17. The molecule has 1 saturated heterocycles. The van der Waals surface area contributed by atoms with E-state index in [-0.39, 0.29) is 5.95 Å².